The van der Waals surface area contributed by atoms with Gasteiger partial charge in [-0.25, -0.2) is 0 Å². The van der Waals surface area contributed by atoms with Crippen molar-refractivity contribution in [1.82, 2.24) is 4.90 Å². The third kappa shape index (κ3) is 2.61. The van der Waals surface area contributed by atoms with Gasteiger partial charge in [-0.15, -0.1) is 0 Å². The number of hydrogen-bond acceptors (Lipinski definition) is 4. The molecule has 1 aliphatic rings. The van der Waals surface area contributed by atoms with Crippen LogP contribution in [-0.4, -0.2) is 35.9 Å². The lowest BCUT2D eigenvalue weighted by Gasteiger charge is -2.22. The summed E-state index contributed by atoms with van der Waals surface area (Å²) in [4.78, 5) is 25.7. The molecule has 0 aliphatic carbocycles. The lowest BCUT2D eigenvalue weighted by molar-refractivity contribution is -0.140. The van der Waals surface area contributed by atoms with Gasteiger partial charge in [0, 0.05) is 6.04 Å². The van der Waals surface area contributed by atoms with Crippen molar-refractivity contribution in [2.24, 2.45) is 0 Å². The van der Waals surface area contributed by atoms with Crippen molar-refractivity contribution in [3.05, 3.63) is 24.3 Å². The Morgan fingerprint density at radius 3 is 2.75 bits per heavy atom. The molecule has 1 N–H and O–H groups in total. The Labute approximate surface area is 118 Å². The second-order valence-electron chi connectivity index (χ2n) is 4.96. The molecular formula is C15H20N2O3. The zero-order valence-corrected chi connectivity index (χ0v) is 12.1. The fourth-order valence-corrected chi connectivity index (χ4v) is 2.36. The molecule has 0 bridgehead atoms. The summed E-state index contributed by atoms with van der Waals surface area (Å²) in [6.45, 7) is 3.85. The Kier molecular flexibility index (Phi) is 4.27. The molecule has 1 aliphatic heterocycles. The Bertz CT molecular complexity index is 516. The van der Waals surface area contributed by atoms with Crippen molar-refractivity contribution in [2.45, 2.75) is 38.8 Å². The smallest absolute Gasteiger partial charge is 0.252 e. The van der Waals surface area contributed by atoms with Crippen LogP contribution in [0.1, 0.15) is 26.7 Å². The lowest BCUT2D eigenvalue weighted by atomic mass is 10.2. The summed E-state index contributed by atoms with van der Waals surface area (Å²) in [6.07, 6.45) is 0.958. The molecule has 1 aromatic carbocycles. The van der Waals surface area contributed by atoms with Crippen molar-refractivity contribution in [1.29, 1.82) is 0 Å². The third-order valence-electron chi connectivity index (χ3n) is 3.65. The standard InChI is InChI=1S/C15H20N2O3/c1-4-10(2)17-14(18)9-12(15(17)19)16-11-7-5-6-8-13(11)20-3/h5-8,10,12,16H,4,9H2,1-3H3. The zero-order valence-electron chi connectivity index (χ0n) is 12.1. The van der Waals surface area contributed by atoms with Gasteiger partial charge in [0.15, 0.2) is 0 Å². The molecule has 0 radical (unpaired) electrons. The number of hydrogen-bond donors (Lipinski definition) is 1. The maximum Gasteiger partial charge on any atom is 0.252 e. The van der Waals surface area contributed by atoms with Gasteiger partial charge in [-0.2, -0.15) is 0 Å². The van der Waals surface area contributed by atoms with E-state index in [1.807, 2.05) is 38.1 Å². The maximum absolute atomic E-state index is 12.3. The summed E-state index contributed by atoms with van der Waals surface area (Å²) in [6, 6.07) is 6.81. The van der Waals surface area contributed by atoms with Crippen LogP contribution < -0.4 is 10.1 Å². The number of carbonyl (C=O) groups is 2. The average Bonchev–Trinajstić information content (AvgIpc) is 2.73. The number of methoxy groups -OCH3 is 1. The largest absolute Gasteiger partial charge is 0.495 e. The van der Waals surface area contributed by atoms with Crippen molar-refractivity contribution in [2.75, 3.05) is 12.4 Å². The van der Waals surface area contributed by atoms with E-state index < -0.39 is 6.04 Å². The highest BCUT2D eigenvalue weighted by Crippen LogP contribution is 2.27. The predicted octanol–water partition coefficient (Wildman–Crippen LogP) is 2.03. The highest BCUT2D eigenvalue weighted by Gasteiger charge is 2.40. The Morgan fingerprint density at radius 1 is 1.40 bits per heavy atom. The lowest BCUT2D eigenvalue weighted by Crippen LogP contribution is -2.40. The number of nitrogens with one attached hydrogen (secondary N) is 1. The molecule has 0 saturated carbocycles. The first-order valence-corrected chi connectivity index (χ1v) is 6.84. The van der Waals surface area contributed by atoms with E-state index in [4.69, 9.17) is 4.74 Å². The van der Waals surface area contributed by atoms with Crippen LogP contribution in [0, 0.1) is 0 Å². The third-order valence-corrected chi connectivity index (χ3v) is 3.65. The summed E-state index contributed by atoms with van der Waals surface area (Å²) in [5.41, 5.74) is 0.729. The maximum atomic E-state index is 12.3. The van der Waals surface area contributed by atoms with Gasteiger partial charge >= 0.3 is 0 Å². The number of carbonyl (C=O) groups excluding carboxylic acids is 2. The number of imide groups is 1. The second kappa shape index (κ2) is 5.94. The van der Waals surface area contributed by atoms with Gasteiger partial charge in [0.2, 0.25) is 5.91 Å². The van der Waals surface area contributed by atoms with Crippen molar-refractivity contribution in [3.8, 4) is 5.75 Å². The van der Waals surface area contributed by atoms with Crippen molar-refractivity contribution in [3.63, 3.8) is 0 Å². The molecule has 20 heavy (non-hydrogen) atoms. The Balaban J connectivity index is 2.15. The Morgan fingerprint density at radius 2 is 2.10 bits per heavy atom. The van der Waals surface area contributed by atoms with E-state index in [1.165, 1.54) is 4.90 Å². The summed E-state index contributed by atoms with van der Waals surface area (Å²) in [5, 5.41) is 3.11. The van der Waals surface area contributed by atoms with Gasteiger partial charge in [-0.3, -0.25) is 14.5 Å². The molecule has 0 spiro atoms. The van der Waals surface area contributed by atoms with E-state index in [0.717, 1.165) is 12.1 Å². The SMILES string of the molecule is CCC(C)N1C(=O)CC(Nc2ccccc2OC)C1=O. The number of para-hydroxylation sites is 2. The molecule has 1 aromatic rings. The van der Waals surface area contributed by atoms with E-state index in [-0.39, 0.29) is 24.3 Å². The fraction of sp³-hybridized carbons (Fsp3) is 0.467. The van der Waals surface area contributed by atoms with Gasteiger partial charge in [0.25, 0.3) is 5.91 Å². The van der Waals surface area contributed by atoms with Crippen LogP contribution >= 0.6 is 0 Å². The van der Waals surface area contributed by atoms with E-state index >= 15 is 0 Å². The van der Waals surface area contributed by atoms with Crippen LogP contribution in [0.25, 0.3) is 0 Å². The van der Waals surface area contributed by atoms with Crippen LogP contribution in [0.15, 0.2) is 24.3 Å². The molecule has 1 heterocycles. The number of ether oxygens (including phenoxy) is 1. The van der Waals surface area contributed by atoms with Gasteiger partial charge < -0.3 is 10.1 Å². The second-order valence-corrected chi connectivity index (χ2v) is 4.96. The molecule has 2 rings (SSSR count). The molecule has 0 aromatic heterocycles. The highest BCUT2D eigenvalue weighted by molar-refractivity contribution is 6.07. The first-order valence-electron chi connectivity index (χ1n) is 6.84. The van der Waals surface area contributed by atoms with Crippen LogP contribution in [0.3, 0.4) is 0 Å². The van der Waals surface area contributed by atoms with E-state index in [0.29, 0.717) is 5.75 Å². The topological polar surface area (TPSA) is 58.6 Å². The number of nitrogens with zero attached hydrogens (tertiary/aromatic N) is 1. The predicted molar refractivity (Wildman–Crippen MR) is 76.6 cm³/mol. The summed E-state index contributed by atoms with van der Waals surface area (Å²) in [5.74, 6) is 0.391. The Hall–Kier alpha value is -2.04. The number of amides is 2. The van der Waals surface area contributed by atoms with Gasteiger partial charge in [-0.1, -0.05) is 19.1 Å². The summed E-state index contributed by atoms with van der Waals surface area (Å²) >= 11 is 0. The molecule has 2 unspecified atom stereocenters. The number of anilines is 1. The van der Waals surface area contributed by atoms with E-state index in [2.05, 4.69) is 5.32 Å². The number of benzene rings is 1. The quantitative estimate of drug-likeness (QED) is 0.836. The van der Waals surface area contributed by atoms with Crippen LogP contribution in [-0.2, 0) is 9.59 Å². The number of likely N-dealkylation sites (tertiary alicyclic amines) is 1. The minimum atomic E-state index is -0.507. The molecular weight excluding hydrogens is 256 g/mol. The first-order chi connectivity index (χ1) is 9.58. The average molecular weight is 276 g/mol. The van der Waals surface area contributed by atoms with E-state index in [1.54, 1.807) is 7.11 Å². The van der Waals surface area contributed by atoms with Crippen LogP contribution in [0.2, 0.25) is 0 Å². The molecule has 5 nitrogen and oxygen atoms in total. The molecule has 2 atom stereocenters. The first kappa shape index (κ1) is 14.4. The highest BCUT2D eigenvalue weighted by atomic mass is 16.5. The minimum Gasteiger partial charge on any atom is -0.495 e. The van der Waals surface area contributed by atoms with E-state index in [9.17, 15) is 9.59 Å². The fourth-order valence-electron chi connectivity index (χ4n) is 2.36. The molecule has 2 amide bonds. The molecule has 1 fully saturated rings. The van der Waals surface area contributed by atoms with Crippen molar-refractivity contribution < 1.29 is 14.3 Å². The van der Waals surface area contributed by atoms with Gasteiger partial charge in [0.05, 0.1) is 19.2 Å². The van der Waals surface area contributed by atoms with Crippen molar-refractivity contribution >= 4 is 17.5 Å². The monoisotopic (exact) mass is 276 g/mol. The molecule has 5 heteroatoms. The normalized spacial score (nSPS) is 20.1. The molecule has 1 saturated heterocycles. The van der Waals surface area contributed by atoms with Crippen LogP contribution in [0.4, 0.5) is 5.69 Å². The van der Waals surface area contributed by atoms with Gasteiger partial charge in [0.1, 0.15) is 11.8 Å². The summed E-state index contributed by atoms with van der Waals surface area (Å²) in [7, 11) is 1.58. The number of rotatable bonds is 5. The van der Waals surface area contributed by atoms with Gasteiger partial charge in [-0.05, 0) is 25.5 Å². The minimum absolute atomic E-state index is 0.0560. The van der Waals surface area contributed by atoms with Crippen LogP contribution in [0.5, 0.6) is 5.75 Å². The molecule has 108 valence electrons. The zero-order chi connectivity index (χ0) is 14.7. The summed E-state index contributed by atoms with van der Waals surface area (Å²) < 4.78 is 5.24.